The van der Waals surface area contributed by atoms with Crippen molar-refractivity contribution < 1.29 is 14.4 Å². The van der Waals surface area contributed by atoms with E-state index in [0.717, 1.165) is 24.1 Å². The monoisotopic (exact) mass is 389 g/mol. The molecule has 0 aliphatic carbocycles. The molecule has 0 aromatic carbocycles. The summed E-state index contributed by atoms with van der Waals surface area (Å²) in [4.78, 5) is 50.6. The van der Waals surface area contributed by atoms with Crippen LogP contribution in [0.15, 0.2) is 6.20 Å². The number of nitrogens with zero attached hydrogens (tertiary/aromatic N) is 5. The zero-order valence-electron chi connectivity index (χ0n) is 15.4. The number of carbonyl (C=O) groups excluding carboxylic acids is 3. The van der Waals surface area contributed by atoms with Crippen molar-refractivity contribution in [3.8, 4) is 0 Å². The van der Waals surface area contributed by atoms with Gasteiger partial charge in [0, 0.05) is 44.7 Å². The van der Waals surface area contributed by atoms with Crippen LogP contribution in [-0.4, -0.2) is 73.7 Å². The number of amides is 3. The highest BCUT2D eigenvalue weighted by molar-refractivity contribution is 8.00. The Labute approximate surface area is 162 Å². The van der Waals surface area contributed by atoms with Gasteiger partial charge in [-0.3, -0.25) is 14.4 Å². The Hall–Kier alpha value is -2.16. The molecule has 0 radical (unpaired) electrons. The Morgan fingerprint density at radius 3 is 2.93 bits per heavy atom. The van der Waals surface area contributed by atoms with E-state index in [4.69, 9.17) is 4.98 Å². The van der Waals surface area contributed by atoms with Crippen molar-refractivity contribution in [3.63, 3.8) is 0 Å². The van der Waals surface area contributed by atoms with Gasteiger partial charge in [-0.2, -0.15) is 0 Å². The summed E-state index contributed by atoms with van der Waals surface area (Å²) in [7, 11) is 0. The van der Waals surface area contributed by atoms with Crippen molar-refractivity contribution in [2.75, 3.05) is 31.3 Å². The van der Waals surface area contributed by atoms with Gasteiger partial charge in [-0.15, -0.1) is 11.8 Å². The Morgan fingerprint density at radius 2 is 2.19 bits per heavy atom. The number of hydrogen-bond acceptors (Lipinski definition) is 6. The first kappa shape index (κ1) is 18.2. The summed E-state index contributed by atoms with van der Waals surface area (Å²) in [5, 5.41) is 0. The van der Waals surface area contributed by atoms with E-state index in [-0.39, 0.29) is 30.3 Å². The Balaban J connectivity index is 1.48. The fourth-order valence-electron chi connectivity index (χ4n) is 3.89. The molecule has 8 nitrogen and oxygen atoms in total. The van der Waals surface area contributed by atoms with Crippen LogP contribution in [0.25, 0.3) is 0 Å². The second-order valence-electron chi connectivity index (χ2n) is 7.21. The fraction of sp³-hybridized carbons (Fsp3) is 0.611. The largest absolute Gasteiger partial charge is 0.338 e. The average molecular weight is 389 g/mol. The number of thioether (sulfide) groups is 1. The minimum absolute atomic E-state index is 0.0302. The first-order valence-electron chi connectivity index (χ1n) is 9.28. The summed E-state index contributed by atoms with van der Waals surface area (Å²) in [6.07, 6.45) is 4.27. The van der Waals surface area contributed by atoms with Gasteiger partial charge in [-0.05, 0) is 12.8 Å². The highest BCUT2D eigenvalue weighted by Gasteiger charge is 2.34. The lowest BCUT2D eigenvalue weighted by atomic mass is 10.1. The van der Waals surface area contributed by atoms with Crippen LogP contribution in [0.3, 0.4) is 0 Å². The maximum atomic E-state index is 12.8. The molecule has 2 saturated heterocycles. The molecular formula is C18H23N5O3S. The number of rotatable bonds is 3. The topological polar surface area (TPSA) is 86.7 Å². The van der Waals surface area contributed by atoms with Gasteiger partial charge in [0.1, 0.15) is 6.54 Å². The molecule has 4 rings (SSSR count). The Morgan fingerprint density at radius 1 is 1.33 bits per heavy atom. The second-order valence-corrected chi connectivity index (χ2v) is 8.16. The summed E-state index contributed by atoms with van der Waals surface area (Å²) in [5.74, 6) is 1.79. The Bertz CT molecular complexity index is 786. The molecule has 9 heteroatoms. The maximum Gasteiger partial charge on any atom is 0.242 e. The van der Waals surface area contributed by atoms with E-state index >= 15 is 0 Å². The fourth-order valence-corrected chi connectivity index (χ4v) is 4.79. The summed E-state index contributed by atoms with van der Waals surface area (Å²) in [6.45, 7) is 3.61. The van der Waals surface area contributed by atoms with Gasteiger partial charge in [0.05, 0.1) is 23.4 Å². The molecule has 0 bridgehead atoms. The van der Waals surface area contributed by atoms with Gasteiger partial charge >= 0.3 is 0 Å². The van der Waals surface area contributed by atoms with Crippen molar-refractivity contribution in [2.24, 2.45) is 0 Å². The van der Waals surface area contributed by atoms with Crippen LogP contribution >= 0.6 is 11.8 Å². The first-order valence-corrected chi connectivity index (χ1v) is 10.4. The molecule has 0 saturated carbocycles. The zero-order valence-corrected chi connectivity index (χ0v) is 16.2. The van der Waals surface area contributed by atoms with Crippen molar-refractivity contribution in [1.29, 1.82) is 0 Å². The molecule has 1 aromatic heterocycles. The van der Waals surface area contributed by atoms with Gasteiger partial charge in [-0.1, -0.05) is 0 Å². The van der Waals surface area contributed by atoms with E-state index < -0.39 is 0 Å². The zero-order chi connectivity index (χ0) is 19.0. The summed E-state index contributed by atoms with van der Waals surface area (Å²) < 4.78 is 0. The molecule has 3 aliphatic rings. The van der Waals surface area contributed by atoms with Crippen LogP contribution < -0.4 is 0 Å². The molecule has 0 spiro atoms. The maximum absolute atomic E-state index is 12.8. The molecule has 144 valence electrons. The highest BCUT2D eigenvalue weighted by Crippen LogP contribution is 2.31. The van der Waals surface area contributed by atoms with Gasteiger partial charge in [0.15, 0.2) is 5.82 Å². The lowest BCUT2D eigenvalue weighted by Crippen LogP contribution is -2.41. The van der Waals surface area contributed by atoms with Crippen LogP contribution in [0.4, 0.5) is 0 Å². The standard InChI is InChI=1S/C18H23N5O3S/c1-12(24)21-6-4-14-13(8-21)7-19-18(20-14)15-3-2-5-23(15)16(25)9-22-11-27-10-17(22)26/h7,15H,2-6,8-11H2,1H3/t15-/m1/s1. The van der Waals surface area contributed by atoms with Crippen molar-refractivity contribution in [1.82, 2.24) is 24.7 Å². The molecule has 0 N–H and O–H groups in total. The van der Waals surface area contributed by atoms with Crippen LogP contribution in [0.1, 0.15) is 42.9 Å². The molecule has 4 heterocycles. The average Bonchev–Trinajstić information content (AvgIpc) is 3.30. The molecule has 27 heavy (non-hydrogen) atoms. The van der Waals surface area contributed by atoms with E-state index in [0.29, 0.717) is 43.5 Å². The molecule has 1 aromatic rings. The molecular weight excluding hydrogens is 366 g/mol. The minimum Gasteiger partial charge on any atom is -0.338 e. The summed E-state index contributed by atoms with van der Waals surface area (Å²) >= 11 is 1.54. The normalized spacial score (nSPS) is 22.3. The van der Waals surface area contributed by atoms with E-state index in [1.807, 2.05) is 4.90 Å². The SMILES string of the molecule is CC(=O)N1CCc2nc([C@H]3CCCN3C(=O)CN3CSCC3=O)ncc2C1. The number of hydrogen-bond donors (Lipinski definition) is 0. The van der Waals surface area contributed by atoms with Crippen LogP contribution in [0.5, 0.6) is 0 Å². The lowest BCUT2D eigenvalue weighted by molar-refractivity contribution is -0.138. The molecule has 3 aliphatic heterocycles. The van der Waals surface area contributed by atoms with Crippen molar-refractivity contribution in [3.05, 3.63) is 23.3 Å². The summed E-state index contributed by atoms with van der Waals surface area (Å²) in [5.41, 5.74) is 1.96. The molecule has 2 fully saturated rings. The van der Waals surface area contributed by atoms with Crippen LogP contribution in [-0.2, 0) is 27.3 Å². The van der Waals surface area contributed by atoms with Gasteiger partial charge < -0.3 is 14.7 Å². The number of carbonyl (C=O) groups is 3. The molecule has 1 atom stereocenters. The van der Waals surface area contributed by atoms with Crippen LogP contribution in [0.2, 0.25) is 0 Å². The van der Waals surface area contributed by atoms with Crippen molar-refractivity contribution in [2.45, 2.75) is 38.8 Å². The third-order valence-corrected chi connectivity index (χ3v) is 6.37. The highest BCUT2D eigenvalue weighted by atomic mass is 32.2. The first-order chi connectivity index (χ1) is 13.0. The van der Waals surface area contributed by atoms with Crippen LogP contribution in [0, 0.1) is 0 Å². The quantitative estimate of drug-likeness (QED) is 0.752. The van der Waals surface area contributed by atoms with E-state index in [1.165, 1.54) is 0 Å². The van der Waals surface area contributed by atoms with Gasteiger partial charge in [0.2, 0.25) is 17.7 Å². The molecule has 3 amide bonds. The third-order valence-electron chi connectivity index (χ3n) is 5.42. The van der Waals surface area contributed by atoms with E-state index in [1.54, 1.807) is 34.7 Å². The van der Waals surface area contributed by atoms with E-state index in [9.17, 15) is 14.4 Å². The predicted octanol–water partition coefficient (Wildman–Crippen LogP) is 0.578. The lowest BCUT2D eigenvalue weighted by Gasteiger charge is -2.29. The number of aromatic nitrogens is 2. The van der Waals surface area contributed by atoms with Gasteiger partial charge in [-0.25, -0.2) is 9.97 Å². The summed E-state index contributed by atoms with van der Waals surface area (Å²) in [6, 6.07) is -0.126. The Kier molecular flexibility index (Phi) is 5.03. The minimum atomic E-state index is -0.126. The second kappa shape index (κ2) is 7.46. The van der Waals surface area contributed by atoms with Gasteiger partial charge in [0.25, 0.3) is 0 Å². The molecule has 0 unspecified atom stereocenters. The number of fused-ring (bicyclic) bond motifs is 1. The smallest absolute Gasteiger partial charge is 0.242 e. The van der Waals surface area contributed by atoms with Crippen molar-refractivity contribution >= 4 is 29.5 Å². The third kappa shape index (κ3) is 3.65. The number of likely N-dealkylation sites (tertiary alicyclic amines) is 1. The van der Waals surface area contributed by atoms with E-state index in [2.05, 4.69) is 4.98 Å². The predicted molar refractivity (Wildman–Crippen MR) is 99.6 cm³/mol.